The van der Waals surface area contributed by atoms with E-state index in [4.69, 9.17) is 31.3 Å². The monoisotopic (exact) mass is 454 g/mol. The summed E-state index contributed by atoms with van der Waals surface area (Å²) >= 11 is 0. The molecule has 0 spiro atoms. The summed E-state index contributed by atoms with van der Waals surface area (Å²) in [4.78, 5) is 24.3. The van der Waals surface area contributed by atoms with Gasteiger partial charge < -0.3 is 31.3 Å². The van der Waals surface area contributed by atoms with Gasteiger partial charge in [0.1, 0.15) is 5.16 Å². The molecule has 0 radical (unpaired) electrons. The molecule has 0 bridgehead atoms. The molecule has 0 fully saturated rings. The summed E-state index contributed by atoms with van der Waals surface area (Å²) in [5, 5.41) is -0.771. The maximum Gasteiger partial charge on any atom is 0.509 e. The van der Waals surface area contributed by atoms with Crippen molar-refractivity contribution in [1.82, 2.24) is 0 Å². The Bertz CT molecular complexity index is 416. The summed E-state index contributed by atoms with van der Waals surface area (Å²) in [7, 11) is -7.04. The van der Waals surface area contributed by atoms with Crippen LogP contribution in [0.5, 0.6) is 0 Å². The molecular formula is C18H38O9Si2. The normalized spacial score (nSPS) is 12.4. The van der Waals surface area contributed by atoms with Crippen LogP contribution in [0.25, 0.3) is 0 Å². The molecule has 0 aliphatic carbocycles. The molecule has 0 unspecified atom stereocenters. The fourth-order valence-corrected chi connectivity index (χ4v) is 11.1. The van der Waals surface area contributed by atoms with E-state index in [1.165, 1.54) is 0 Å². The first kappa shape index (κ1) is 28.3. The largest absolute Gasteiger partial charge is 0.509 e. The summed E-state index contributed by atoms with van der Waals surface area (Å²) in [6.45, 7) is 14.4. The highest BCUT2D eigenvalue weighted by atomic mass is 28.5. The second-order valence-corrected chi connectivity index (χ2v) is 11.9. The summed E-state index contributed by atoms with van der Waals surface area (Å²) in [6.07, 6.45) is -0.142. The lowest BCUT2D eigenvalue weighted by Crippen LogP contribution is -2.64. The first-order chi connectivity index (χ1) is 13.8. The van der Waals surface area contributed by atoms with Crippen molar-refractivity contribution in [3.63, 3.8) is 0 Å². The second kappa shape index (κ2) is 15.2. The van der Waals surface area contributed by atoms with Crippen LogP contribution in [-0.2, 0) is 40.9 Å². The minimum Gasteiger partial charge on any atom is -0.393 e. The van der Waals surface area contributed by atoms with Crippen LogP contribution in [0.15, 0.2) is 0 Å². The minimum atomic E-state index is -3.52. The molecular weight excluding hydrogens is 416 g/mol. The molecule has 0 N–H and O–H groups in total. The number of carbonyl (C=O) groups is 2. The Balaban J connectivity index is 6.40. The molecule has 0 aliphatic rings. The molecule has 0 aromatic rings. The van der Waals surface area contributed by atoms with E-state index in [0.717, 1.165) is 0 Å². The van der Waals surface area contributed by atoms with Crippen LogP contribution in [-0.4, -0.2) is 69.2 Å². The highest BCUT2D eigenvalue weighted by molar-refractivity contribution is 6.83. The summed E-state index contributed by atoms with van der Waals surface area (Å²) in [6, 6.07) is 0. The third-order valence-corrected chi connectivity index (χ3v) is 12.2. The Kier molecular flexibility index (Phi) is 14.8. The number of hydrogen-bond donors (Lipinski definition) is 0. The molecule has 11 heteroatoms. The van der Waals surface area contributed by atoms with Crippen LogP contribution in [0.2, 0.25) is 5.16 Å². The number of esters is 2. The van der Waals surface area contributed by atoms with Crippen LogP contribution in [0.1, 0.15) is 61.3 Å². The lowest BCUT2D eigenvalue weighted by molar-refractivity contribution is -0.159. The van der Waals surface area contributed by atoms with E-state index in [1.807, 2.05) is 41.5 Å². The van der Waals surface area contributed by atoms with E-state index in [1.54, 1.807) is 6.92 Å². The van der Waals surface area contributed by atoms with Crippen molar-refractivity contribution in [3.8, 4) is 0 Å². The number of carbonyl (C=O) groups excluding carboxylic acids is 2. The maximum atomic E-state index is 12.6. The summed E-state index contributed by atoms with van der Waals surface area (Å²) in [5.74, 6) is -1.32. The number of hydrogen-bond acceptors (Lipinski definition) is 9. The molecule has 0 heterocycles. The summed E-state index contributed by atoms with van der Waals surface area (Å²) < 4.78 is 41.2. The van der Waals surface area contributed by atoms with Crippen LogP contribution >= 0.6 is 0 Å². The van der Waals surface area contributed by atoms with Crippen molar-refractivity contribution in [3.05, 3.63) is 0 Å². The standard InChI is InChI=1S/C18H38O9Si2/c1-8-16(19)27-17(20)15-18(28(21-9-2,22-10-3)23-11-4)29(24-12-5,25-13-6)26-14-7/h18H,8-15H2,1-7H3. The van der Waals surface area contributed by atoms with Gasteiger partial charge in [0.05, 0.1) is 6.42 Å². The predicted octanol–water partition coefficient (Wildman–Crippen LogP) is 2.86. The fourth-order valence-electron chi connectivity index (χ4n) is 2.93. The molecule has 0 aromatic heterocycles. The van der Waals surface area contributed by atoms with Crippen LogP contribution in [0, 0.1) is 0 Å². The zero-order chi connectivity index (χ0) is 22.3. The van der Waals surface area contributed by atoms with Gasteiger partial charge in [0, 0.05) is 46.1 Å². The number of rotatable bonds is 17. The third-order valence-electron chi connectivity index (χ3n) is 3.81. The predicted molar refractivity (Wildman–Crippen MR) is 111 cm³/mol. The molecule has 0 rings (SSSR count). The van der Waals surface area contributed by atoms with Crippen molar-refractivity contribution in [1.29, 1.82) is 0 Å². The Morgan fingerprint density at radius 1 is 0.586 bits per heavy atom. The maximum absolute atomic E-state index is 12.6. The SMILES string of the molecule is CCO[Si](OCC)(OCC)C(CC(=O)OC(=O)CC)[Si](OCC)(OCC)OCC. The quantitative estimate of drug-likeness (QED) is 0.187. The van der Waals surface area contributed by atoms with E-state index in [2.05, 4.69) is 0 Å². The molecule has 0 aromatic carbocycles. The van der Waals surface area contributed by atoms with Gasteiger partial charge in [0.25, 0.3) is 0 Å². The van der Waals surface area contributed by atoms with Gasteiger partial charge in [-0.05, 0) is 41.5 Å². The average molecular weight is 455 g/mol. The van der Waals surface area contributed by atoms with Crippen LogP contribution < -0.4 is 0 Å². The van der Waals surface area contributed by atoms with Gasteiger partial charge >= 0.3 is 29.5 Å². The van der Waals surface area contributed by atoms with E-state index in [9.17, 15) is 9.59 Å². The van der Waals surface area contributed by atoms with Gasteiger partial charge in [-0.15, -0.1) is 0 Å². The van der Waals surface area contributed by atoms with E-state index in [0.29, 0.717) is 39.6 Å². The Morgan fingerprint density at radius 3 is 1.14 bits per heavy atom. The topological polar surface area (TPSA) is 98.8 Å². The Morgan fingerprint density at radius 2 is 0.897 bits per heavy atom. The van der Waals surface area contributed by atoms with Crippen LogP contribution in [0.4, 0.5) is 0 Å². The van der Waals surface area contributed by atoms with Crippen molar-refractivity contribution in [2.45, 2.75) is 66.5 Å². The first-order valence-corrected chi connectivity index (χ1v) is 14.0. The smallest absolute Gasteiger partial charge is 0.393 e. The molecule has 29 heavy (non-hydrogen) atoms. The average Bonchev–Trinajstić information content (AvgIpc) is 2.67. The van der Waals surface area contributed by atoms with Crippen molar-refractivity contribution in [2.75, 3.05) is 39.6 Å². The third kappa shape index (κ3) is 8.54. The van der Waals surface area contributed by atoms with Gasteiger partial charge in [0.15, 0.2) is 0 Å². The fraction of sp³-hybridized carbons (Fsp3) is 0.889. The lowest BCUT2D eigenvalue weighted by Gasteiger charge is -2.42. The zero-order valence-corrected chi connectivity index (χ0v) is 20.9. The lowest BCUT2D eigenvalue weighted by atomic mass is 10.4. The van der Waals surface area contributed by atoms with Gasteiger partial charge in [-0.1, -0.05) is 6.92 Å². The zero-order valence-electron chi connectivity index (χ0n) is 18.9. The molecule has 0 amide bonds. The Labute approximate surface area is 177 Å². The molecule has 0 atom stereocenters. The van der Waals surface area contributed by atoms with Crippen molar-refractivity contribution in [2.24, 2.45) is 0 Å². The van der Waals surface area contributed by atoms with Gasteiger partial charge in [-0.2, -0.15) is 0 Å². The molecule has 0 saturated heterocycles. The molecule has 9 nitrogen and oxygen atoms in total. The van der Waals surface area contributed by atoms with Crippen molar-refractivity contribution < 1.29 is 40.9 Å². The highest BCUT2D eigenvalue weighted by Gasteiger charge is 2.66. The van der Waals surface area contributed by atoms with E-state index in [-0.39, 0.29) is 12.8 Å². The Hall–Kier alpha value is -0.666. The van der Waals surface area contributed by atoms with Gasteiger partial charge in [-0.3, -0.25) is 9.59 Å². The molecule has 172 valence electrons. The highest BCUT2D eigenvalue weighted by Crippen LogP contribution is 2.40. The van der Waals surface area contributed by atoms with Crippen molar-refractivity contribution >= 4 is 29.5 Å². The summed E-state index contributed by atoms with van der Waals surface area (Å²) in [5.41, 5.74) is 0. The van der Waals surface area contributed by atoms with E-state index >= 15 is 0 Å². The molecule has 0 aliphatic heterocycles. The second-order valence-electron chi connectivity index (χ2n) is 5.76. The van der Waals surface area contributed by atoms with Gasteiger partial charge in [0.2, 0.25) is 0 Å². The van der Waals surface area contributed by atoms with Gasteiger partial charge in [-0.25, -0.2) is 0 Å². The minimum absolute atomic E-state index is 0.0896. The van der Waals surface area contributed by atoms with Crippen LogP contribution in [0.3, 0.4) is 0 Å². The number of ether oxygens (including phenoxy) is 1. The van der Waals surface area contributed by atoms with E-state index < -0.39 is 34.7 Å². The first-order valence-electron chi connectivity index (χ1n) is 10.4. The molecule has 0 saturated carbocycles.